The van der Waals surface area contributed by atoms with Crippen molar-refractivity contribution in [1.82, 2.24) is 5.32 Å². The molecule has 1 saturated carbocycles. The van der Waals surface area contributed by atoms with E-state index in [0.29, 0.717) is 12.5 Å². The highest BCUT2D eigenvalue weighted by molar-refractivity contribution is 5.76. The van der Waals surface area contributed by atoms with Gasteiger partial charge in [-0.3, -0.25) is 4.79 Å². The van der Waals surface area contributed by atoms with E-state index in [1.807, 2.05) is 6.92 Å². The van der Waals surface area contributed by atoms with E-state index in [2.05, 4.69) is 5.32 Å². The second-order valence-corrected chi connectivity index (χ2v) is 4.08. The zero-order chi connectivity index (χ0) is 10.6. The molecule has 0 bridgehead atoms. The van der Waals surface area contributed by atoms with Gasteiger partial charge in [-0.05, 0) is 26.2 Å². The first-order valence-corrected chi connectivity index (χ1v) is 5.19. The number of carbonyl (C=O) groups excluding carboxylic acids is 1. The molecule has 0 aromatic rings. The van der Waals surface area contributed by atoms with E-state index in [0.717, 1.165) is 19.3 Å². The van der Waals surface area contributed by atoms with E-state index in [4.69, 9.17) is 10.5 Å². The minimum absolute atomic E-state index is 0.116. The summed E-state index contributed by atoms with van der Waals surface area (Å²) in [4.78, 5) is 11.4. The van der Waals surface area contributed by atoms with Gasteiger partial charge in [0.25, 0.3) is 0 Å². The Morgan fingerprint density at radius 1 is 1.64 bits per heavy atom. The van der Waals surface area contributed by atoms with Crippen LogP contribution in [0.15, 0.2) is 0 Å². The fourth-order valence-corrected chi connectivity index (χ4v) is 1.53. The number of hydrogen-bond acceptors (Lipinski definition) is 3. The van der Waals surface area contributed by atoms with Gasteiger partial charge < -0.3 is 15.8 Å². The Hall–Kier alpha value is -0.610. The Labute approximate surface area is 85.2 Å². The maximum atomic E-state index is 11.4. The van der Waals surface area contributed by atoms with Crippen molar-refractivity contribution in [3.8, 4) is 0 Å². The summed E-state index contributed by atoms with van der Waals surface area (Å²) in [7, 11) is 1.66. The molecule has 14 heavy (non-hydrogen) atoms. The van der Waals surface area contributed by atoms with Crippen molar-refractivity contribution in [3.05, 3.63) is 0 Å². The molecule has 1 aliphatic rings. The Balaban J connectivity index is 2.04. The fourth-order valence-electron chi connectivity index (χ4n) is 1.53. The van der Waals surface area contributed by atoms with Gasteiger partial charge in [0, 0.05) is 25.6 Å². The highest BCUT2D eigenvalue weighted by atomic mass is 16.5. The van der Waals surface area contributed by atoms with E-state index in [-0.39, 0.29) is 18.1 Å². The van der Waals surface area contributed by atoms with E-state index in [9.17, 15) is 4.79 Å². The Morgan fingerprint density at radius 3 is 2.79 bits per heavy atom. The number of rotatable bonds is 5. The highest BCUT2D eigenvalue weighted by Gasteiger charge is 2.26. The zero-order valence-electron chi connectivity index (χ0n) is 8.95. The van der Waals surface area contributed by atoms with Gasteiger partial charge in [0.2, 0.25) is 5.91 Å². The lowest BCUT2D eigenvalue weighted by Gasteiger charge is -2.33. The second kappa shape index (κ2) is 5.32. The van der Waals surface area contributed by atoms with Crippen molar-refractivity contribution in [2.75, 3.05) is 7.11 Å². The number of methoxy groups -OCH3 is 1. The van der Waals surface area contributed by atoms with Crippen LogP contribution in [0.25, 0.3) is 0 Å². The van der Waals surface area contributed by atoms with Crippen molar-refractivity contribution in [2.24, 2.45) is 5.73 Å². The molecule has 4 heteroatoms. The van der Waals surface area contributed by atoms with Crippen LogP contribution in [0.2, 0.25) is 0 Å². The van der Waals surface area contributed by atoms with Gasteiger partial charge in [0.15, 0.2) is 0 Å². The molecular formula is C10H20N2O2. The number of amides is 1. The average Bonchev–Trinajstić information content (AvgIpc) is 2.11. The van der Waals surface area contributed by atoms with Crippen LogP contribution >= 0.6 is 0 Å². The average molecular weight is 200 g/mol. The maximum absolute atomic E-state index is 11.4. The molecule has 82 valence electrons. The quantitative estimate of drug-likeness (QED) is 0.675. The van der Waals surface area contributed by atoms with Crippen LogP contribution in [0.5, 0.6) is 0 Å². The van der Waals surface area contributed by atoms with Gasteiger partial charge in [-0.25, -0.2) is 0 Å². The molecule has 1 amide bonds. The van der Waals surface area contributed by atoms with Gasteiger partial charge in [-0.2, -0.15) is 0 Å². The summed E-state index contributed by atoms with van der Waals surface area (Å²) in [6.45, 7) is 1.96. The highest BCUT2D eigenvalue weighted by Crippen LogP contribution is 2.17. The number of hydrogen-bond donors (Lipinski definition) is 2. The van der Waals surface area contributed by atoms with Gasteiger partial charge in [0.05, 0.1) is 6.10 Å². The van der Waals surface area contributed by atoms with Crippen LogP contribution in [0.1, 0.15) is 32.6 Å². The first kappa shape index (κ1) is 11.5. The molecule has 1 unspecified atom stereocenters. The molecule has 1 rings (SSSR count). The molecule has 0 aromatic heterocycles. The Bertz CT molecular complexity index is 191. The monoisotopic (exact) mass is 200 g/mol. The molecule has 4 nitrogen and oxygen atoms in total. The summed E-state index contributed by atoms with van der Waals surface area (Å²) in [5, 5.41) is 2.95. The molecule has 0 aliphatic heterocycles. The largest absolute Gasteiger partial charge is 0.382 e. The van der Waals surface area contributed by atoms with Crippen molar-refractivity contribution in [1.29, 1.82) is 0 Å². The van der Waals surface area contributed by atoms with Gasteiger partial charge in [-0.1, -0.05) is 0 Å². The lowest BCUT2D eigenvalue weighted by atomic mass is 9.87. The lowest BCUT2D eigenvalue weighted by molar-refractivity contribution is -0.123. The molecule has 1 atom stereocenters. The summed E-state index contributed by atoms with van der Waals surface area (Å²) in [6, 6.07) is 0.605. The molecule has 0 aromatic carbocycles. The van der Waals surface area contributed by atoms with Crippen molar-refractivity contribution < 1.29 is 9.53 Å². The first-order valence-electron chi connectivity index (χ1n) is 5.19. The van der Waals surface area contributed by atoms with Gasteiger partial charge in [-0.15, -0.1) is 0 Å². The third-order valence-electron chi connectivity index (χ3n) is 2.72. The smallest absolute Gasteiger partial charge is 0.220 e. The van der Waals surface area contributed by atoms with Gasteiger partial charge in [0.1, 0.15) is 0 Å². The molecule has 1 aliphatic carbocycles. The maximum Gasteiger partial charge on any atom is 0.220 e. The fraction of sp³-hybridized carbons (Fsp3) is 0.900. The van der Waals surface area contributed by atoms with E-state index in [1.54, 1.807) is 7.11 Å². The van der Waals surface area contributed by atoms with E-state index in [1.165, 1.54) is 0 Å². The molecule has 0 saturated heterocycles. The molecule has 0 heterocycles. The predicted molar refractivity (Wildman–Crippen MR) is 54.8 cm³/mol. The van der Waals surface area contributed by atoms with Crippen molar-refractivity contribution in [2.45, 2.75) is 50.8 Å². The van der Waals surface area contributed by atoms with Crippen molar-refractivity contribution >= 4 is 5.91 Å². The molecule has 0 radical (unpaired) electrons. The van der Waals surface area contributed by atoms with Crippen LogP contribution < -0.4 is 11.1 Å². The Kier molecular flexibility index (Phi) is 4.35. The third kappa shape index (κ3) is 3.64. The summed E-state index contributed by atoms with van der Waals surface area (Å²) in [5.41, 5.74) is 5.62. The summed E-state index contributed by atoms with van der Waals surface area (Å²) < 4.78 is 5.06. The van der Waals surface area contributed by atoms with Crippen LogP contribution in [-0.4, -0.2) is 31.2 Å². The second-order valence-electron chi connectivity index (χ2n) is 4.08. The van der Waals surface area contributed by atoms with Crippen LogP contribution in [0.3, 0.4) is 0 Å². The number of carbonyl (C=O) groups is 1. The lowest BCUT2D eigenvalue weighted by Crippen LogP contribution is -2.50. The Morgan fingerprint density at radius 2 is 2.29 bits per heavy atom. The summed E-state index contributed by atoms with van der Waals surface area (Å²) in [6.07, 6.45) is 3.32. The number of ether oxygens (including phenoxy) is 1. The minimum atomic E-state index is 0.116. The number of nitrogens with two attached hydrogens (primary N) is 1. The van der Waals surface area contributed by atoms with Crippen LogP contribution in [-0.2, 0) is 9.53 Å². The molecule has 0 spiro atoms. The van der Waals surface area contributed by atoms with Crippen LogP contribution in [0, 0.1) is 0 Å². The summed E-state index contributed by atoms with van der Waals surface area (Å²) >= 11 is 0. The summed E-state index contributed by atoms with van der Waals surface area (Å²) in [5.74, 6) is 0.116. The predicted octanol–water partition coefficient (Wildman–Crippen LogP) is 0.407. The van der Waals surface area contributed by atoms with E-state index >= 15 is 0 Å². The topological polar surface area (TPSA) is 64.3 Å². The zero-order valence-corrected chi connectivity index (χ0v) is 8.95. The van der Waals surface area contributed by atoms with E-state index < -0.39 is 0 Å². The molecule has 3 N–H and O–H groups in total. The SMILES string of the molecule is COC(C)CCC(=O)NC1CC(N)C1. The van der Waals surface area contributed by atoms with Gasteiger partial charge >= 0.3 is 0 Å². The molecule has 1 fully saturated rings. The standard InChI is InChI=1S/C10H20N2O2/c1-7(14-2)3-4-10(13)12-9-5-8(11)6-9/h7-9H,3-6,11H2,1-2H3,(H,12,13). The van der Waals surface area contributed by atoms with Crippen LogP contribution in [0.4, 0.5) is 0 Å². The van der Waals surface area contributed by atoms with Crippen molar-refractivity contribution in [3.63, 3.8) is 0 Å². The minimum Gasteiger partial charge on any atom is -0.382 e. The normalized spacial score (nSPS) is 27.9. The molecular weight excluding hydrogens is 180 g/mol. The first-order chi connectivity index (χ1) is 6.61. The third-order valence-corrected chi connectivity index (χ3v) is 2.72. The number of nitrogens with one attached hydrogen (secondary N) is 1.